The Morgan fingerprint density at radius 2 is 1.20 bits per heavy atom. The van der Waals surface area contributed by atoms with Crippen molar-refractivity contribution in [3.05, 3.63) is 78.4 Å². The quantitative estimate of drug-likeness (QED) is 0.174. The Kier molecular flexibility index (Phi) is 11.1. The van der Waals surface area contributed by atoms with Gasteiger partial charge in [0, 0.05) is 0 Å². The van der Waals surface area contributed by atoms with Crippen LogP contribution in [0.4, 0.5) is 0 Å². The van der Waals surface area contributed by atoms with Crippen molar-refractivity contribution in [2.75, 3.05) is 13.3 Å². The minimum atomic E-state index is 0. The number of hydrogen-bond donors (Lipinski definition) is 0. The molecule has 4 aromatic rings. The fourth-order valence-electron chi connectivity index (χ4n) is 2.70. The molecule has 0 radical (unpaired) electrons. The first kappa shape index (κ1) is 24.5. The summed E-state index contributed by atoms with van der Waals surface area (Å²) < 4.78 is 0. The molecule has 0 aromatic heterocycles. The van der Waals surface area contributed by atoms with Gasteiger partial charge in [0.25, 0.3) is 0 Å². The molecule has 0 aliphatic rings. The van der Waals surface area contributed by atoms with Crippen molar-refractivity contribution < 1.29 is 50.7 Å². The third kappa shape index (κ3) is 6.33. The Labute approximate surface area is 183 Å². The van der Waals surface area contributed by atoms with E-state index in [1.807, 2.05) is 0 Å². The van der Waals surface area contributed by atoms with E-state index in [0.717, 1.165) is 0 Å². The Bertz CT molecular complexity index is 827. The average molecular weight is 554 g/mol. The summed E-state index contributed by atoms with van der Waals surface area (Å²) in [6, 6.07) is 26.0. The van der Waals surface area contributed by atoms with Crippen molar-refractivity contribution in [1.82, 2.24) is 0 Å². The SMILES string of the molecule is CP(C)c1cc2ccccc2[cH-]1.Cc1cc2ccccc2[cH-]1.[Cl-].[Cl-].[Hf+4]. The van der Waals surface area contributed by atoms with Crippen LogP contribution in [0.25, 0.3) is 21.5 Å². The second-order valence-electron chi connectivity index (χ2n) is 5.90. The van der Waals surface area contributed by atoms with Gasteiger partial charge in [-0.2, -0.15) is 12.1 Å². The minimum absolute atomic E-state index is 0. The minimum Gasteiger partial charge on any atom is -1.00 e. The molecular formula is C21H21Cl2HfP. The molecule has 0 saturated heterocycles. The van der Waals surface area contributed by atoms with Crippen LogP contribution >= 0.6 is 7.92 Å². The van der Waals surface area contributed by atoms with Crippen LogP contribution in [-0.4, -0.2) is 13.3 Å². The molecule has 0 bridgehead atoms. The molecule has 0 amide bonds. The number of halogens is 2. The van der Waals surface area contributed by atoms with Gasteiger partial charge < -0.3 is 24.8 Å². The summed E-state index contributed by atoms with van der Waals surface area (Å²) in [5.41, 5.74) is 1.35. The van der Waals surface area contributed by atoms with Crippen molar-refractivity contribution in [2.45, 2.75) is 6.92 Å². The molecular weight excluding hydrogens is 533 g/mol. The molecule has 4 aromatic carbocycles. The van der Waals surface area contributed by atoms with Gasteiger partial charge >= 0.3 is 25.8 Å². The van der Waals surface area contributed by atoms with E-state index in [4.69, 9.17) is 0 Å². The molecule has 0 fully saturated rings. The first-order chi connectivity index (χ1) is 10.6. The summed E-state index contributed by atoms with van der Waals surface area (Å²) in [5, 5.41) is 6.96. The Hall–Kier alpha value is -0.460. The molecule has 25 heavy (non-hydrogen) atoms. The summed E-state index contributed by atoms with van der Waals surface area (Å²) >= 11 is 0. The zero-order valence-corrected chi connectivity index (χ0v) is 20.6. The van der Waals surface area contributed by atoms with Gasteiger partial charge in [-0.15, -0.1) is 88.9 Å². The largest absolute Gasteiger partial charge is 4.00 e. The van der Waals surface area contributed by atoms with Gasteiger partial charge in [0.05, 0.1) is 0 Å². The van der Waals surface area contributed by atoms with Gasteiger partial charge in [-0.25, -0.2) is 0 Å². The molecule has 0 saturated carbocycles. The third-order valence-corrected chi connectivity index (χ3v) is 5.17. The summed E-state index contributed by atoms with van der Waals surface area (Å²) in [6.45, 7) is 6.72. The molecule has 0 N–H and O–H groups in total. The van der Waals surface area contributed by atoms with Gasteiger partial charge in [-0.05, 0) is 13.3 Å². The number of rotatable bonds is 1. The van der Waals surface area contributed by atoms with Crippen molar-refractivity contribution >= 4 is 34.8 Å². The normalized spacial score (nSPS) is 9.60. The molecule has 4 rings (SSSR count). The number of fused-ring (bicyclic) bond motifs is 2. The van der Waals surface area contributed by atoms with E-state index in [0.29, 0.717) is 0 Å². The molecule has 128 valence electrons. The van der Waals surface area contributed by atoms with E-state index in [1.165, 1.54) is 32.4 Å². The van der Waals surface area contributed by atoms with Crippen LogP contribution in [0, 0.1) is 6.92 Å². The number of benzene rings is 2. The third-order valence-electron chi connectivity index (χ3n) is 3.88. The van der Waals surface area contributed by atoms with Gasteiger partial charge in [0.1, 0.15) is 0 Å². The standard InChI is InChI=1S/C11H12P.C10H9.2ClH.Hf/c1-12(2)11-7-9-5-3-4-6-10(9)8-11;1-8-6-9-4-2-3-5-10(9)7-8;;;/h3-8H,1-2H3;2-7H,1H3;2*1H;/q2*-1;;;+4/p-2. The smallest absolute Gasteiger partial charge is 1.00 e. The second-order valence-corrected chi connectivity index (χ2v) is 8.20. The monoisotopic (exact) mass is 554 g/mol. The molecule has 0 unspecified atom stereocenters. The van der Waals surface area contributed by atoms with Gasteiger partial charge in [-0.3, -0.25) is 0 Å². The van der Waals surface area contributed by atoms with Crippen LogP contribution < -0.4 is 30.1 Å². The number of hydrogen-bond acceptors (Lipinski definition) is 0. The molecule has 0 aliphatic heterocycles. The maximum Gasteiger partial charge on any atom is 4.00 e. The summed E-state index contributed by atoms with van der Waals surface area (Å²) in [5.74, 6) is 0. The molecule has 0 heterocycles. The fourth-order valence-corrected chi connectivity index (χ4v) is 3.49. The Morgan fingerprint density at radius 3 is 1.68 bits per heavy atom. The van der Waals surface area contributed by atoms with E-state index in [1.54, 1.807) is 0 Å². The van der Waals surface area contributed by atoms with Crippen LogP contribution in [-0.2, 0) is 25.8 Å². The summed E-state index contributed by atoms with van der Waals surface area (Å²) in [4.78, 5) is 0. The maximum atomic E-state index is 2.31. The van der Waals surface area contributed by atoms with E-state index < -0.39 is 0 Å². The van der Waals surface area contributed by atoms with Crippen molar-refractivity contribution in [1.29, 1.82) is 0 Å². The van der Waals surface area contributed by atoms with Crippen molar-refractivity contribution in [3.63, 3.8) is 0 Å². The van der Waals surface area contributed by atoms with Crippen LogP contribution in [0.1, 0.15) is 5.56 Å². The molecule has 0 nitrogen and oxygen atoms in total. The predicted molar refractivity (Wildman–Crippen MR) is 102 cm³/mol. The molecule has 0 spiro atoms. The Morgan fingerprint density at radius 1 is 0.720 bits per heavy atom. The van der Waals surface area contributed by atoms with Gasteiger partial charge in [0.15, 0.2) is 0 Å². The van der Waals surface area contributed by atoms with Crippen LogP contribution in [0.2, 0.25) is 0 Å². The summed E-state index contributed by atoms with van der Waals surface area (Å²) in [6.07, 6.45) is 0. The van der Waals surface area contributed by atoms with Gasteiger partial charge in [-0.1, -0.05) is 19.1 Å². The maximum absolute atomic E-state index is 2.31. The van der Waals surface area contributed by atoms with Crippen molar-refractivity contribution in [3.8, 4) is 0 Å². The summed E-state index contributed by atoms with van der Waals surface area (Å²) in [7, 11) is 0.0576. The van der Waals surface area contributed by atoms with Crippen LogP contribution in [0.3, 0.4) is 0 Å². The first-order valence-corrected chi connectivity index (χ1v) is 9.82. The van der Waals surface area contributed by atoms with E-state index in [9.17, 15) is 0 Å². The number of aryl methyl sites for hydroxylation is 1. The van der Waals surface area contributed by atoms with Gasteiger partial charge in [0.2, 0.25) is 0 Å². The predicted octanol–water partition coefficient (Wildman–Crippen LogP) is -0.202. The molecule has 0 aliphatic carbocycles. The molecule has 4 heteroatoms. The van der Waals surface area contributed by atoms with E-state index in [-0.39, 0.29) is 58.6 Å². The van der Waals surface area contributed by atoms with E-state index >= 15 is 0 Å². The molecule has 0 atom stereocenters. The van der Waals surface area contributed by atoms with Crippen LogP contribution in [0.5, 0.6) is 0 Å². The van der Waals surface area contributed by atoms with Crippen LogP contribution in [0.15, 0.2) is 72.8 Å². The first-order valence-electron chi connectivity index (χ1n) is 7.58. The average Bonchev–Trinajstić information content (AvgIpc) is 3.09. The zero-order chi connectivity index (χ0) is 15.5. The zero-order valence-electron chi connectivity index (χ0n) is 14.6. The second kappa shape index (κ2) is 11.3. The topological polar surface area (TPSA) is 0 Å². The fraction of sp³-hybridized carbons (Fsp3) is 0.143. The van der Waals surface area contributed by atoms with E-state index in [2.05, 4.69) is 93.0 Å². The van der Waals surface area contributed by atoms with Crippen molar-refractivity contribution in [2.24, 2.45) is 0 Å². The Balaban J connectivity index is 0.000000416.